The Balaban J connectivity index is 1.64. The molecule has 1 saturated carbocycles. The zero-order valence-electron chi connectivity index (χ0n) is 11.6. The predicted octanol–water partition coefficient (Wildman–Crippen LogP) is 2.33. The molecule has 1 aliphatic rings. The second kappa shape index (κ2) is 5.11. The highest BCUT2D eigenvalue weighted by Crippen LogP contribution is 2.38. The van der Waals surface area contributed by atoms with E-state index in [-0.39, 0.29) is 11.9 Å². The zero-order chi connectivity index (χ0) is 14.1. The first-order chi connectivity index (χ1) is 9.67. The molecule has 0 saturated heterocycles. The van der Waals surface area contributed by atoms with Crippen molar-refractivity contribution in [2.45, 2.75) is 45.1 Å². The van der Waals surface area contributed by atoms with Gasteiger partial charge in [-0.1, -0.05) is 12.1 Å². The number of aromatic nitrogens is 3. The summed E-state index contributed by atoms with van der Waals surface area (Å²) >= 11 is 0. The molecule has 2 heterocycles. The first-order valence-corrected chi connectivity index (χ1v) is 6.99. The minimum Gasteiger partial charge on any atom is -0.354 e. The zero-order valence-corrected chi connectivity index (χ0v) is 11.6. The van der Waals surface area contributed by atoms with Crippen LogP contribution in [0, 0.1) is 0 Å². The summed E-state index contributed by atoms with van der Waals surface area (Å²) < 4.78 is 5.20. The van der Waals surface area contributed by atoms with Gasteiger partial charge >= 0.3 is 0 Å². The van der Waals surface area contributed by atoms with Gasteiger partial charge in [0.1, 0.15) is 11.7 Å². The van der Waals surface area contributed by atoms with Crippen LogP contribution in [-0.2, 0) is 6.42 Å². The molecule has 0 spiro atoms. The lowest BCUT2D eigenvalue weighted by atomic mass is 10.3. The van der Waals surface area contributed by atoms with Crippen molar-refractivity contribution in [1.29, 1.82) is 0 Å². The molecule has 6 heteroatoms. The van der Waals surface area contributed by atoms with E-state index >= 15 is 0 Å². The largest absolute Gasteiger partial charge is 0.354 e. The number of H-pyrrole nitrogens is 1. The van der Waals surface area contributed by atoms with Crippen molar-refractivity contribution < 1.29 is 9.32 Å². The van der Waals surface area contributed by atoms with Crippen LogP contribution in [0.15, 0.2) is 16.7 Å². The summed E-state index contributed by atoms with van der Waals surface area (Å²) in [5, 5.41) is 6.81. The Morgan fingerprint density at radius 3 is 3.00 bits per heavy atom. The molecular formula is C14H18N4O2. The number of nitrogens with zero attached hydrogens (tertiary/aromatic N) is 2. The summed E-state index contributed by atoms with van der Waals surface area (Å²) in [6.45, 7) is 3.87. The number of hydrogen-bond acceptors (Lipinski definition) is 4. The third-order valence-electron chi connectivity index (χ3n) is 3.49. The first-order valence-electron chi connectivity index (χ1n) is 6.99. The highest BCUT2D eigenvalue weighted by Gasteiger charge is 2.29. The smallest absolute Gasteiger partial charge is 0.268 e. The Labute approximate surface area is 117 Å². The van der Waals surface area contributed by atoms with Crippen LogP contribution in [0.1, 0.15) is 66.5 Å². The molecule has 1 amide bonds. The van der Waals surface area contributed by atoms with Crippen LogP contribution in [0.2, 0.25) is 0 Å². The predicted molar refractivity (Wildman–Crippen MR) is 72.3 cm³/mol. The van der Waals surface area contributed by atoms with Crippen molar-refractivity contribution >= 4 is 5.91 Å². The molecule has 0 aliphatic heterocycles. The molecule has 1 atom stereocenters. The molecular weight excluding hydrogens is 256 g/mol. The van der Waals surface area contributed by atoms with Crippen LogP contribution in [0.3, 0.4) is 0 Å². The minimum atomic E-state index is -0.295. The van der Waals surface area contributed by atoms with Crippen LogP contribution in [0.25, 0.3) is 0 Å². The molecule has 0 bridgehead atoms. The normalized spacial score (nSPS) is 16.1. The van der Waals surface area contributed by atoms with E-state index in [9.17, 15) is 4.79 Å². The minimum absolute atomic E-state index is 0.164. The van der Waals surface area contributed by atoms with Gasteiger partial charge in [0, 0.05) is 11.6 Å². The maximum absolute atomic E-state index is 12.1. The van der Waals surface area contributed by atoms with Gasteiger partial charge in [-0.2, -0.15) is 4.98 Å². The van der Waals surface area contributed by atoms with Crippen molar-refractivity contribution in [3.63, 3.8) is 0 Å². The van der Waals surface area contributed by atoms with E-state index in [0.29, 0.717) is 17.5 Å². The number of aryl methyl sites for hydroxylation is 1. The highest BCUT2D eigenvalue weighted by atomic mass is 16.5. The number of nitrogens with one attached hydrogen (secondary N) is 2. The van der Waals surface area contributed by atoms with Gasteiger partial charge in [-0.3, -0.25) is 4.79 Å². The van der Waals surface area contributed by atoms with E-state index in [4.69, 9.17) is 4.52 Å². The first kappa shape index (κ1) is 12.9. The van der Waals surface area contributed by atoms with Crippen LogP contribution in [0.5, 0.6) is 0 Å². The van der Waals surface area contributed by atoms with Crippen molar-refractivity contribution in [3.8, 4) is 0 Å². The van der Waals surface area contributed by atoms with Crippen LogP contribution >= 0.6 is 0 Å². The lowest BCUT2D eigenvalue weighted by Crippen LogP contribution is -2.27. The Bertz CT molecular complexity index is 612. The number of rotatable bonds is 5. The standard InChI is InChI=1S/C14H18N4O2/c1-3-10-6-7-11(16-10)13(19)15-8(2)14-17-12(18-20-14)9-4-5-9/h6-9,16H,3-5H2,1-2H3,(H,15,19)/t8-/m0/s1. The van der Waals surface area contributed by atoms with E-state index in [1.165, 1.54) is 0 Å². The summed E-state index contributed by atoms with van der Waals surface area (Å²) in [4.78, 5) is 19.5. The summed E-state index contributed by atoms with van der Waals surface area (Å²) in [6, 6.07) is 3.40. The van der Waals surface area contributed by atoms with E-state index < -0.39 is 0 Å². The molecule has 0 unspecified atom stereocenters. The summed E-state index contributed by atoms with van der Waals surface area (Å²) in [7, 11) is 0. The van der Waals surface area contributed by atoms with Gasteiger partial charge in [0.2, 0.25) is 5.89 Å². The van der Waals surface area contributed by atoms with Gasteiger partial charge in [0.25, 0.3) is 5.91 Å². The fraction of sp³-hybridized carbons (Fsp3) is 0.500. The number of amides is 1. The molecule has 2 N–H and O–H groups in total. The molecule has 106 valence electrons. The Hall–Kier alpha value is -2.11. The maximum atomic E-state index is 12.1. The van der Waals surface area contributed by atoms with Gasteiger partial charge in [-0.15, -0.1) is 0 Å². The third kappa shape index (κ3) is 2.59. The fourth-order valence-corrected chi connectivity index (χ4v) is 2.05. The topological polar surface area (TPSA) is 83.8 Å². The van der Waals surface area contributed by atoms with Gasteiger partial charge in [-0.25, -0.2) is 0 Å². The number of carbonyl (C=O) groups is 1. The van der Waals surface area contributed by atoms with E-state index in [1.54, 1.807) is 6.07 Å². The molecule has 0 aromatic carbocycles. The lowest BCUT2D eigenvalue weighted by Gasteiger charge is -2.08. The van der Waals surface area contributed by atoms with Gasteiger partial charge in [0.15, 0.2) is 5.82 Å². The number of carbonyl (C=O) groups excluding carboxylic acids is 1. The molecule has 2 aromatic rings. The average Bonchev–Trinajstić information content (AvgIpc) is 3.00. The number of aromatic amines is 1. The highest BCUT2D eigenvalue weighted by molar-refractivity contribution is 5.92. The van der Waals surface area contributed by atoms with Crippen molar-refractivity contribution in [2.75, 3.05) is 0 Å². The molecule has 1 aliphatic carbocycles. The fourth-order valence-electron chi connectivity index (χ4n) is 2.05. The van der Waals surface area contributed by atoms with E-state index in [2.05, 4.69) is 20.4 Å². The Morgan fingerprint density at radius 2 is 2.35 bits per heavy atom. The van der Waals surface area contributed by atoms with Gasteiger partial charge < -0.3 is 14.8 Å². The molecule has 6 nitrogen and oxygen atoms in total. The summed E-state index contributed by atoms with van der Waals surface area (Å²) in [6.07, 6.45) is 3.13. The average molecular weight is 274 g/mol. The van der Waals surface area contributed by atoms with Crippen LogP contribution in [-0.4, -0.2) is 21.0 Å². The molecule has 0 radical (unpaired) electrons. The quantitative estimate of drug-likeness (QED) is 0.876. The van der Waals surface area contributed by atoms with Crippen molar-refractivity contribution in [3.05, 3.63) is 35.2 Å². The maximum Gasteiger partial charge on any atom is 0.268 e. The van der Waals surface area contributed by atoms with Crippen LogP contribution in [0.4, 0.5) is 0 Å². The van der Waals surface area contributed by atoms with E-state index in [1.807, 2.05) is 19.9 Å². The van der Waals surface area contributed by atoms with Crippen molar-refractivity contribution in [2.24, 2.45) is 0 Å². The van der Waals surface area contributed by atoms with E-state index in [0.717, 1.165) is 30.8 Å². The van der Waals surface area contributed by atoms with Gasteiger partial charge in [0.05, 0.1) is 0 Å². The van der Waals surface area contributed by atoms with Crippen molar-refractivity contribution in [1.82, 2.24) is 20.4 Å². The van der Waals surface area contributed by atoms with Crippen LogP contribution < -0.4 is 5.32 Å². The summed E-state index contributed by atoms with van der Waals surface area (Å²) in [5.74, 6) is 1.51. The summed E-state index contributed by atoms with van der Waals surface area (Å²) in [5.41, 5.74) is 1.59. The number of hydrogen-bond donors (Lipinski definition) is 2. The molecule has 1 fully saturated rings. The SMILES string of the molecule is CCc1ccc(C(=O)N[C@@H](C)c2nc(C3CC3)no2)[nH]1. The second-order valence-electron chi connectivity index (χ2n) is 5.21. The molecule has 3 rings (SSSR count). The Kier molecular flexibility index (Phi) is 3.30. The second-order valence-corrected chi connectivity index (χ2v) is 5.21. The van der Waals surface area contributed by atoms with Gasteiger partial charge in [-0.05, 0) is 38.3 Å². The third-order valence-corrected chi connectivity index (χ3v) is 3.49. The Morgan fingerprint density at radius 1 is 1.55 bits per heavy atom. The lowest BCUT2D eigenvalue weighted by molar-refractivity contribution is 0.0928. The monoisotopic (exact) mass is 274 g/mol. The molecule has 2 aromatic heterocycles. The molecule has 20 heavy (non-hydrogen) atoms.